The van der Waals surface area contributed by atoms with Crippen LogP contribution in [0.25, 0.3) is 5.57 Å². The number of amides is 1. The van der Waals surface area contributed by atoms with E-state index in [4.69, 9.17) is 0 Å². The molecular formula is C13H17NO. The third kappa shape index (κ3) is 3.98. The number of carbonyl (C=O) groups is 1. The normalized spacial score (nSPS) is 11.2. The fourth-order valence-electron chi connectivity index (χ4n) is 1.26. The van der Waals surface area contributed by atoms with Gasteiger partial charge >= 0.3 is 0 Å². The van der Waals surface area contributed by atoms with Gasteiger partial charge in [-0.05, 0) is 18.1 Å². The molecular weight excluding hydrogens is 186 g/mol. The first-order valence-electron chi connectivity index (χ1n) is 5.23. The van der Waals surface area contributed by atoms with Crippen LogP contribution in [0.1, 0.15) is 25.8 Å². The molecule has 15 heavy (non-hydrogen) atoms. The fraction of sp³-hybridized carbons (Fsp3) is 0.308. The first kappa shape index (κ1) is 11.5. The molecule has 0 saturated heterocycles. The Balaban J connectivity index is 2.50. The maximum atomic E-state index is 11.0. The summed E-state index contributed by atoms with van der Waals surface area (Å²) in [5.74, 6) is 0.0899. The molecule has 0 spiro atoms. The Bertz CT molecular complexity index is 341. The molecule has 1 rings (SSSR count). The molecule has 0 atom stereocenters. The summed E-state index contributed by atoms with van der Waals surface area (Å²) in [4.78, 5) is 11.0. The molecule has 2 heteroatoms. The van der Waals surface area contributed by atoms with E-state index in [1.165, 1.54) is 11.1 Å². The second kappa shape index (κ2) is 6.02. The summed E-state index contributed by atoms with van der Waals surface area (Å²) in [5, 5.41) is 2.82. The van der Waals surface area contributed by atoms with Crippen molar-refractivity contribution in [2.45, 2.75) is 20.3 Å². The Morgan fingerprint density at radius 2 is 2.00 bits per heavy atom. The topological polar surface area (TPSA) is 29.1 Å². The standard InChI is InChI=1S/C13H17NO/c1-3-13(15)14-10-9-11(2)12-7-5-4-6-8-12/h4-9H,3,10H2,1-2H3,(H,14,15)/b11-9+. The van der Waals surface area contributed by atoms with Gasteiger partial charge in [0.05, 0.1) is 0 Å². The Morgan fingerprint density at radius 1 is 1.33 bits per heavy atom. The van der Waals surface area contributed by atoms with Gasteiger partial charge in [0.1, 0.15) is 0 Å². The first-order valence-corrected chi connectivity index (χ1v) is 5.23. The van der Waals surface area contributed by atoms with Crippen LogP contribution in [0.2, 0.25) is 0 Å². The molecule has 0 aliphatic heterocycles. The monoisotopic (exact) mass is 203 g/mol. The van der Waals surface area contributed by atoms with E-state index in [9.17, 15) is 4.79 Å². The van der Waals surface area contributed by atoms with Crippen LogP contribution >= 0.6 is 0 Å². The van der Waals surface area contributed by atoms with E-state index in [1.54, 1.807) is 0 Å². The van der Waals surface area contributed by atoms with Crippen LogP contribution in [0, 0.1) is 0 Å². The molecule has 1 N–H and O–H groups in total. The van der Waals surface area contributed by atoms with E-state index in [2.05, 4.69) is 17.4 Å². The molecule has 80 valence electrons. The van der Waals surface area contributed by atoms with Crippen LogP contribution in [0.5, 0.6) is 0 Å². The lowest BCUT2D eigenvalue weighted by molar-refractivity contribution is -0.120. The molecule has 1 aromatic carbocycles. The summed E-state index contributed by atoms with van der Waals surface area (Å²) in [6.45, 7) is 4.50. The summed E-state index contributed by atoms with van der Waals surface area (Å²) in [7, 11) is 0. The van der Waals surface area contributed by atoms with Crippen molar-refractivity contribution in [3.05, 3.63) is 42.0 Å². The number of hydrogen-bond acceptors (Lipinski definition) is 1. The van der Waals surface area contributed by atoms with Crippen LogP contribution in [-0.2, 0) is 4.79 Å². The number of nitrogens with one attached hydrogen (secondary N) is 1. The minimum absolute atomic E-state index is 0.0899. The average Bonchev–Trinajstić information content (AvgIpc) is 2.29. The number of hydrogen-bond donors (Lipinski definition) is 1. The largest absolute Gasteiger partial charge is 0.353 e. The summed E-state index contributed by atoms with van der Waals surface area (Å²) >= 11 is 0. The molecule has 0 aromatic heterocycles. The Morgan fingerprint density at radius 3 is 2.60 bits per heavy atom. The van der Waals surface area contributed by atoms with Crippen LogP contribution < -0.4 is 5.32 Å². The van der Waals surface area contributed by atoms with Crippen LogP contribution in [0.3, 0.4) is 0 Å². The van der Waals surface area contributed by atoms with Gasteiger partial charge in [0, 0.05) is 13.0 Å². The van der Waals surface area contributed by atoms with E-state index in [0.29, 0.717) is 13.0 Å². The molecule has 1 aromatic rings. The van der Waals surface area contributed by atoms with Gasteiger partial charge < -0.3 is 5.32 Å². The number of benzene rings is 1. The van der Waals surface area contributed by atoms with Crippen molar-refractivity contribution in [3.63, 3.8) is 0 Å². The minimum Gasteiger partial charge on any atom is -0.353 e. The van der Waals surface area contributed by atoms with E-state index < -0.39 is 0 Å². The molecule has 0 heterocycles. The predicted octanol–water partition coefficient (Wildman–Crippen LogP) is 2.62. The lowest BCUT2D eigenvalue weighted by Gasteiger charge is -2.02. The fourth-order valence-corrected chi connectivity index (χ4v) is 1.26. The molecule has 1 amide bonds. The van der Waals surface area contributed by atoms with Gasteiger partial charge in [-0.2, -0.15) is 0 Å². The second-order valence-corrected chi connectivity index (χ2v) is 3.41. The molecule has 0 fully saturated rings. The van der Waals surface area contributed by atoms with E-state index >= 15 is 0 Å². The van der Waals surface area contributed by atoms with Crippen molar-refractivity contribution in [3.8, 4) is 0 Å². The summed E-state index contributed by atoms with van der Waals surface area (Å²) in [6, 6.07) is 10.1. The lowest BCUT2D eigenvalue weighted by atomic mass is 10.1. The van der Waals surface area contributed by atoms with Gasteiger partial charge in [-0.25, -0.2) is 0 Å². The van der Waals surface area contributed by atoms with Crippen molar-refractivity contribution < 1.29 is 4.79 Å². The first-order chi connectivity index (χ1) is 7.24. The second-order valence-electron chi connectivity index (χ2n) is 3.41. The summed E-state index contributed by atoms with van der Waals surface area (Å²) in [5.41, 5.74) is 2.38. The zero-order valence-corrected chi connectivity index (χ0v) is 9.29. The van der Waals surface area contributed by atoms with Crippen LogP contribution in [-0.4, -0.2) is 12.5 Å². The van der Waals surface area contributed by atoms with Crippen molar-refractivity contribution in [2.75, 3.05) is 6.54 Å². The maximum absolute atomic E-state index is 11.0. The van der Waals surface area contributed by atoms with Gasteiger partial charge in [0.15, 0.2) is 0 Å². The van der Waals surface area contributed by atoms with Crippen molar-refractivity contribution in [1.29, 1.82) is 0 Å². The Labute approximate surface area is 91.0 Å². The van der Waals surface area contributed by atoms with Gasteiger partial charge in [0.2, 0.25) is 5.91 Å². The highest BCUT2D eigenvalue weighted by Gasteiger charge is 1.95. The highest BCUT2D eigenvalue weighted by Crippen LogP contribution is 2.11. The van der Waals surface area contributed by atoms with Crippen LogP contribution in [0.15, 0.2) is 36.4 Å². The zero-order chi connectivity index (χ0) is 11.1. The molecule has 0 saturated carbocycles. The average molecular weight is 203 g/mol. The number of carbonyl (C=O) groups excluding carboxylic acids is 1. The summed E-state index contributed by atoms with van der Waals surface area (Å²) < 4.78 is 0. The molecule has 2 nitrogen and oxygen atoms in total. The Kier molecular flexibility index (Phi) is 4.61. The van der Waals surface area contributed by atoms with Crippen molar-refractivity contribution in [1.82, 2.24) is 5.32 Å². The SMILES string of the molecule is CCC(=O)NC/C=C(\C)c1ccccc1. The number of rotatable bonds is 4. The van der Waals surface area contributed by atoms with E-state index in [-0.39, 0.29) is 5.91 Å². The number of allylic oxidation sites excluding steroid dienone is 1. The van der Waals surface area contributed by atoms with E-state index in [1.807, 2.05) is 38.1 Å². The van der Waals surface area contributed by atoms with Crippen molar-refractivity contribution >= 4 is 11.5 Å². The van der Waals surface area contributed by atoms with Gasteiger partial charge in [-0.15, -0.1) is 0 Å². The molecule has 0 aliphatic carbocycles. The van der Waals surface area contributed by atoms with E-state index in [0.717, 1.165) is 0 Å². The maximum Gasteiger partial charge on any atom is 0.219 e. The van der Waals surface area contributed by atoms with Gasteiger partial charge in [0.25, 0.3) is 0 Å². The predicted molar refractivity (Wildman–Crippen MR) is 63.4 cm³/mol. The third-order valence-corrected chi connectivity index (χ3v) is 2.26. The van der Waals surface area contributed by atoms with Gasteiger partial charge in [-0.3, -0.25) is 4.79 Å². The van der Waals surface area contributed by atoms with Crippen LogP contribution in [0.4, 0.5) is 0 Å². The highest BCUT2D eigenvalue weighted by molar-refractivity contribution is 5.76. The Hall–Kier alpha value is -1.57. The van der Waals surface area contributed by atoms with Crippen molar-refractivity contribution in [2.24, 2.45) is 0 Å². The zero-order valence-electron chi connectivity index (χ0n) is 9.29. The third-order valence-electron chi connectivity index (χ3n) is 2.26. The summed E-state index contributed by atoms with van der Waals surface area (Å²) in [6.07, 6.45) is 2.57. The lowest BCUT2D eigenvalue weighted by Crippen LogP contribution is -2.21. The molecule has 0 bridgehead atoms. The van der Waals surface area contributed by atoms with Gasteiger partial charge in [-0.1, -0.05) is 43.3 Å². The molecule has 0 unspecified atom stereocenters. The molecule has 0 aliphatic rings. The quantitative estimate of drug-likeness (QED) is 0.800. The minimum atomic E-state index is 0.0899. The highest BCUT2D eigenvalue weighted by atomic mass is 16.1. The smallest absolute Gasteiger partial charge is 0.219 e. The molecule has 0 radical (unpaired) electrons.